The van der Waals surface area contributed by atoms with E-state index in [0.717, 1.165) is 26.3 Å². The number of rotatable bonds is 8. The predicted molar refractivity (Wildman–Crippen MR) is 74.4 cm³/mol. The molecule has 1 rings (SSSR count). The standard InChI is InChI=1S/C14H25N3O/c1-4-17(9-10-18-5-2)14(12(3)15)13-7-6-8-16-11-13/h6-8,11-12,14H,4-5,9-10,15H2,1-3H3. The molecule has 4 heteroatoms. The maximum Gasteiger partial charge on any atom is 0.0593 e. The summed E-state index contributed by atoms with van der Waals surface area (Å²) in [5.41, 5.74) is 7.31. The lowest BCUT2D eigenvalue weighted by Gasteiger charge is -2.33. The number of aromatic nitrogens is 1. The third-order valence-electron chi connectivity index (χ3n) is 3.05. The number of hydrogen-bond donors (Lipinski definition) is 1. The van der Waals surface area contributed by atoms with Gasteiger partial charge in [-0.15, -0.1) is 0 Å². The second kappa shape index (κ2) is 8.19. The fourth-order valence-electron chi connectivity index (χ4n) is 2.22. The number of hydrogen-bond acceptors (Lipinski definition) is 4. The quantitative estimate of drug-likeness (QED) is 0.716. The van der Waals surface area contributed by atoms with Gasteiger partial charge in [0.2, 0.25) is 0 Å². The van der Waals surface area contributed by atoms with Crippen molar-refractivity contribution < 1.29 is 4.74 Å². The van der Waals surface area contributed by atoms with Crippen molar-refractivity contribution >= 4 is 0 Å². The van der Waals surface area contributed by atoms with Gasteiger partial charge in [-0.05, 0) is 32.0 Å². The number of nitrogens with zero attached hydrogens (tertiary/aromatic N) is 2. The van der Waals surface area contributed by atoms with Gasteiger partial charge in [0.15, 0.2) is 0 Å². The van der Waals surface area contributed by atoms with Crippen molar-refractivity contribution in [2.45, 2.75) is 32.9 Å². The molecule has 0 radical (unpaired) electrons. The van der Waals surface area contributed by atoms with Crippen LogP contribution in [-0.2, 0) is 4.74 Å². The van der Waals surface area contributed by atoms with Crippen LogP contribution in [0.3, 0.4) is 0 Å². The Balaban J connectivity index is 2.76. The van der Waals surface area contributed by atoms with Crippen LogP contribution in [-0.4, -0.2) is 42.2 Å². The van der Waals surface area contributed by atoms with E-state index >= 15 is 0 Å². The topological polar surface area (TPSA) is 51.4 Å². The van der Waals surface area contributed by atoms with E-state index in [0.29, 0.717) is 0 Å². The minimum atomic E-state index is 0.0655. The zero-order chi connectivity index (χ0) is 13.4. The van der Waals surface area contributed by atoms with Gasteiger partial charge in [-0.2, -0.15) is 0 Å². The largest absolute Gasteiger partial charge is 0.380 e. The molecule has 102 valence electrons. The molecule has 0 fully saturated rings. The summed E-state index contributed by atoms with van der Waals surface area (Å²) in [5, 5.41) is 0. The maximum atomic E-state index is 6.14. The molecule has 0 spiro atoms. The third-order valence-corrected chi connectivity index (χ3v) is 3.05. The van der Waals surface area contributed by atoms with Crippen molar-refractivity contribution in [2.75, 3.05) is 26.3 Å². The molecule has 0 bridgehead atoms. The number of ether oxygens (including phenoxy) is 1. The monoisotopic (exact) mass is 251 g/mol. The fourth-order valence-corrected chi connectivity index (χ4v) is 2.22. The zero-order valence-corrected chi connectivity index (χ0v) is 11.7. The van der Waals surface area contributed by atoms with Crippen LogP contribution >= 0.6 is 0 Å². The molecule has 2 N–H and O–H groups in total. The molecule has 4 nitrogen and oxygen atoms in total. The highest BCUT2D eigenvalue weighted by Crippen LogP contribution is 2.22. The first-order valence-corrected chi connectivity index (χ1v) is 6.68. The summed E-state index contributed by atoms with van der Waals surface area (Å²) in [6.45, 7) is 9.56. The maximum absolute atomic E-state index is 6.14. The average Bonchev–Trinajstić information content (AvgIpc) is 2.38. The van der Waals surface area contributed by atoms with Gasteiger partial charge in [0.25, 0.3) is 0 Å². The highest BCUT2D eigenvalue weighted by atomic mass is 16.5. The van der Waals surface area contributed by atoms with E-state index in [1.165, 1.54) is 5.56 Å². The molecular weight excluding hydrogens is 226 g/mol. The van der Waals surface area contributed by atoms with Crippen molar-refractivity contribution in [3.8, 4) is 0 Å². The van der Waals surface area contributed by atoms with Crippen molar-refractivity contribution in [2.24, 2.45) is 5.73 Å². The van der Waals surface area contributed by atoms with Gasteiger partial charge in [0, 0.05) is 31.6 Å². The Morgan fingerprint density at radius 2 is 2.22 bits per heavy atom. The second-order valence-corrected chi connectivity index (χ2v) is 4.42. The SMILES string of the molecule is CCOCCN(CC)C(c1cccnc1)C(C)N. The van der Waals surface area contributed by atoms with E-state index in [-0.39, 0.29) is 12.1 Å². The molecule has 18 heavy (non-hydrogen) atoms. The molecule has 0 saturated heterocycles. The van der Waals surface area contributed by atoms with Crippen molar-refractivity contribution in [3.05, 3.63) is 30.1 Å². The minimum absolute atomic E-state index is 0.0655. The van der Waals surface area contributed by atoms with Gasteiger partial charge in [-0.25, -0.2) is 0 Å². The first kappa shape index (κ1) is 15.1. The third kappa shape index (κ3) is 4.37. The van der Waals surface area contributed by atoms with Gasteiger partial charge in [-0.3, -0.25) is 9.88 Å². The van der Waals surface area contributed by atoms with Crippen LogP contribution in [0.25, 0.3) is 0 Å². The molecule has 0 aliphatic heterocycles. The molecule has 0 amide bonds. The lowest BCUT2D eigenvalue weighted by Crippen LogP contribution is -2.41. The predicted octanol–water partition coefficient (Wildman–Crippen LogP) is 1.83. The van der Waals surface area contributed by atoms with Crippen molar-refractivity contribution in [1.29, 1.82) is 0 Å². The van der Waals surface area contributed by atoms with E-state index in [1.54, 1.807) is 6.20 Å². The van der Waals surface area contributed by atoms with E-state index in [9.17, 15) is 0 Å². The summed E-state index contributed by atoms with van der Waals surface area (Å²) in [6.07, 6.45) is 3.69. The molecule has 2 atom stereocenters. The van der Waals surface area contributed by atoms with Crippen LogP contribution in [0, 0.1) is 0 Å². The highest BCUT2D eigenvalue weighted by Gasteiger charge is 2.22. The van der Waals surface area contributed by atoms with Crippen LogP contribution in [0.4, 0.5) is 0 Å². The van der Waals surface area contributed by atoms with Crippen LogP contribution < -0.4 is 5.73 Å². The molecule has 0 aliphatic rings. The van der Waals surface area contributed by atoms with Crippen molar-refractivity contribution in [1.82, 2.24) is 9.88 Å². The number of likely N-dealkylation sites (N-methyl/N-ethyl adjacent to an activating group) is 1. The van der Waals surface area contributed by atoms with Gasteiger partial charge >= 0.3 is 0 Å². The van der Waals surface area contributed by atoms with E-state index in [4.69, 9.17) is 10.5 Å². The Labute approximate surface area is 110 Å². The lowest BCUT2D eigenvalue weighted by molar-refractivity contribution is 0.0908. The first-order chi connectivity index (χ1) is 8.70. The summed E-state index contributed by atoms with van der Waals surface area (Å²) in [7, 11) is 0. The van der Waals surface area contributed by atoms with Crippen LogP contribution in [0.5, 0.6) is 0 Å². The molecule has 1 aromatic heterocycles. The van der Waals surface area contributed by atoms with Crippen LogP contribution in [0.1, 0.15) is 32.4 Å². The summed E-state index contributed by atoms with van der Waals surface area (Å²) in [6, 6.07) is 4.31. The molecule has 0 saturated carbocycles. The molecule has 1 aromatic rings. The number of pyridine rings is 1. The zero-order valence-electron chi connectivity index (χ0n) is 11.7. The molecule has 0 aliphatic carbocycles. The minimum Gasteiger partial charge on any atom is -0.380 e. The lowest BCUT2D eigenvalue weighted by atomic mass is 10.0. The smallest absolute Gasteiger partial charge is 0.0593 e. The van der Waals surface area contributed by atoms with Crippen LogP contribution in [0.15, 0.2) is 24.5 Å². The van der Waals surface area contributed by atoms with Crippen molar-refractivity contribution in [3.63, 3.8) is 0 Å². The Bertz CT molecular complexity index is 316. The molecular formula is C14H25N3O. The van der Waals surface area contributed by atoms with E-state index in [1.807, 2.05) is 26.1 Å². The Morgan fingerprint density at radius 3 is 2.72 bits per heavy atom. The molecule has 1 heterocycles. The van der Waals surface area contributed by atoms with Gasteiger partial charge in [0.1, 0.15) is 0 Å². The fraction of sp³-hybridized carbons (Fsp3) is 0.643. The van der Waals surface area contributed by atoms with Gasteiger partial charge < -0.3 is 10.5 Å². The molecule has 0 aromatic carbocycles. The van der Waals surface area contributed by atoms with E-state index in [2.05, 4.69) is 22.9 Å². The Morgan fingerprint density at radius 1 is 1.44 bits per heavy atom. The molecule has 2 unspecified atom stereocenters. The Kier molecular flexibility index (Phi) is 6.86. The van der Waals surface area contributed by atoms with E-state index < -0.39 is 0 Å². The van der Waals surface area contributed by atoms with Gasteiger partial charge in [-0.1, -0.05) is 13.0 Å². The highest BCUT2D eigenvalue weighted by molar-refractivity contribution is 5.16. The van der Waals surface area contributed by atoms with Gasteiger partial charge in [0.05, 0.1) is 12.6 Å². The summed E-state index contributed by atoms with van der Waals surface area (Å²) in [5.74, 6) is 0. The average molecular weight is 251 g/mol. The summed E-state index contributed by atoms with van der Waals surface area (Å²) < 4.78 is 5.43. The summed E-state index contributed by atoms with van der Waals surface area (Å²) in [4.78, 5) is 6.53. The van der Waals surface area contributed by atoms with Crippen LogP contribution in [0.2, 0.25) is 0 Å². The first-order valence-electron chi connectivity index (χ1n) is 6.68. The Hall–Kier alpha value is -0.970. The second-order valence-electron chi connectivity index (χ2n) is 4.42. The normalized spacial score (nSPS) is 14.7. The number of nitrogens with two attached hydrogens (primary N) is 1. The summed E-state index contributed by atoms with van der Waals surface area (Å²) >= 11 is 0.